The van der Waals surface area contributed by atoms with Crippen LogP contribution in [0.3, 0.4) is 0 Å². The third-order valence-corrected chi connectivity index (χ3v) is 2.79. The van der Waals surface area contributed by atoms with E-state index in [-0.39, 0.29) is 0 Å². The van der Waals surface area contributed by atoms with E-state index in [0.717, 1.165) is 29.5 Å². The number of ether oxygens (including phenoxy) is 1. The molecule has 0 aromatic carbocycles. The second kappa shape index (κ2) is 6.63. The maximum Gasteiger partial charge on any atom is 0.223 e. The molecule has 0 aliphatic rings. The maximum atomic E-state index is 4.99. The number of hydrogen-bond donors (Lipinski definition) is 1. The first-order valence-corrected chi connectivity index (χ1v) is 5.90. The summed E-state index contributed by atoms with van der Waals surface area (Å²) in [5.74, 6) is 1.71. The van der Waals surface area contributed by atoms with Gasteiger partial charge in [-0.3, -0.25) is 0 Å². The summed E-state index contributed by atoms with van der Waals surface area (Å²) in [5, 5.41) is 3.97. The van der Waals surface area contributed by atoms with E-state index in [2.05, 4.69) is 15.3 Å². The highest BCUT2D eigenvalue weighted by molar-refractivity contribution is 7.99. The average Bonchev–Trinajstić information content (AvgIpc) is 2.23. The Kier molecular flexibility index (Phi) is 5.42. The molecule has 1 rings (SSSR count). The summed E-state index contributed by atoms with van der Waals surface area (Å²) in [5.41, 5.74) is 0.989. The van der Waals surface area contributed by atoms with Crippen molar-refractivity contribution < 1.29 is 4.74 Å². The van der Waals surface area contributed by atoms with Gasteiger partial charge in [0, 0.05) is 32.2 Å². The van der Waals surface area contributed by atoms with Gasteiger partial charge in [-0.15, -0.1) is 11.8 Å². The summed E-state index contributed by atoms with van der Waals surface area (Å²) >= 11 is 1.73. The quantitative estimate of drug-likeness (QED) is 0.457. The number of aryl methyl sites for hydroxylation is 1. The molecule has 0 amide bonds. The third-order valence-electron chi connectivity index (χ3n) is 1.80. The molecule has 0 bridgehead atoms. The van der Waals surface area contributed by atoms with Gasteiger partial charge >= 0.3 is 0 Å². The number of nitrogens with one attached hydrogen (secondary N) is 1. The maximum absolute atomic E-state index is 4.99. The molecule has 0 unspecified atom stereocenters. The number of aromatic nitrogens is 2. The monoisotopic (exact) mass is 227 g/mol. The number of methoxy groups -OCH3 is 1. The van der Waals surface area contributed by atoms with Crippen molar-refractivity contribution in [3.63, 3.8) is 0 Å². The molecule has 1 heterocycles. The van der Waals surface area contributed by atoms with Crippen molar-refractivity contribution in [1.82, 2.24) is 9.97 Å². The second-order valence-electron chi connectivity index (χ2n) is 3.12. The van der Waals surface area contributed by atoms with E-state index >= 15 is 0 Å². The predicted octanol–water partition coefficient (Wildman–Crippen LogP) is 1.96. The largest absolute Gasteiger partial charge is 0.385 e. The first kappa shape index (κ1) is 12.3. The molecular weight excluding hydrogens is 210 g/mol. The van der Waals surface area contributed by atoms with Crippen LogP contribution in [0.4, 0.5) is 5.95 Å². The Labute approximate surface area is 94.8 Å². The highest BCUT2D eigenvalue weighted by Gasteiger charge is 2.00. The number of thioether (sulfide) groups is 1. The van der Waals surface area contributed by atoms with Gasteiger partial charge in [-0.2, -0.15) is 0 Å². The third kappa shape index (κ3) is 4.48. The van der Waals surface area contributed by atoms with E-state index in [0.29, 0.717) is 5.95 Å². The highest BCUT2D eigenvalue weighted by Crippen LogP contribution is 2.18. The van der Waals surface area contributed by atoms with Crippen molar-refractivity contribution in [2.24, 2.45) is 0 Å². The minimum Gasteiger partial charge on any atom is -0.385 e. The fraction of sp³-hybridized carbons (Fsp3) is 0.600. The molecule has 0 atom stereocenters. The lowest BCUT2D eigenvalue weighted by atomic mass is 10.5. The summed E-state index contributed by atoms with van der Waals surface area (Å²) in [6.45, 7) is 2.78. The van der Waals surface area contributed by atoms with E-state index in [4.69, 9.17) is 4.74 Å². The first-order chi connectivity index (χ1) is 7.26. The van der Waals surface area contributed by atoms with Crippen LogP contribution >= 0.6 is 11.8 Å². The lowest BCUT2D eigenvalue weighted by Crippen LogP contribution is -1.99. The molecular formula is C10H17N3OS. The Morgan fingerprint density at radius 1 is 1.47 bits per heavy atom. The van der Waals surface area contributed by atoms with Crippen LogP contribution in [0.1, 0.15) is 12.1 Å². The summed E-state index contributed by atoms with van der Waals surface area (Å²) in [4.78, 5) is 8.59. The average molecular weight is 227 g/mol. The zero-order chi connectivity index (χ0) is 11.1. The molecule has 15 heavy (non-hydrogen) atoms. The van der Waals surface area contributed by atoms with E-state index in [1.807, 2.05) is 20.0 Å². The molecule has 0 saturated carbocycles. The van der Waals surface area contributed by atoms with Crippen molar-refractivity contribution in [3.05, 3.63) is 11.8 Å². The predicted molar refractivity (Wildman–Crippen MR) is 63.5 cm³/mol. The van der Waals surface area contributed by atoms with Crippen molar-refractivity contribution in [2.75, 3.05) is 31.8 Å². The summed E-state index contributed by atoms with van der Waals surface area (Å²) in [6.07, 6.45) is 1.04. The molecule has 0 aliphatic heterocycles. The first-order valence-electron chi connectivity index (χ1n) is 4.91. The van der Waals surface area contributed by atoms with Crippen LogP contribution in [0.15, 0.2) is 11.1 Å². The molecule has 4 nitrogen and oxygen atoms in total. The number of nitrogens with zero attached hydrogens (tertiary/aromatic N) is 2. The Morgan fingerprint density at radius 2 is 2.27 bits per heavy atom. The fourth-order valence-electron chi connectivity index (χ4n) is 1.11. The van der Waals surface area contributed by atoms with Crippen LogP contribution in [-0.4, -0.2) is 36.5 Å². The van der Waals surface area contributed by atoms with Crippen molar-refractivity contribution in [3.8, 4) is 0 Å². The van der Waals surface area contributed by atoms with Crippen molar-refractivity contribution >= 4 is 17.7 Å². The van der Waals surface area contributed by atoms with Gasteiger partial charge < -0.3 is 10.1 Å². The molecule has 5 heteroatoms. The van der Waals surface area contributed by atoms with E-state index in [1.54, 1.807) is 18.9 Å². The molecule has 84 valence electrons. The zero-order valence-corrected chi connectivity index (χ0v) is 10.2. The Morgan fingerprint density at radius 3 is 2.93 bits per heavy atom. The Hall–Kier alpha value is -0.810. The molecule has 1 aromatic rings. The smallest absolute Gasteiger partial charge is 0.223 e. The van der Waals surface area contributed by atoms with Crippen LogP contribution in [-0.2, 0) is 4.74 Å². The van der Waals surface area contributed by atoms with Crippen LogP contribution in [0.5, 0.6) is 0 Å². The minimum absolute atomic E-state index is 0.684. The van der Waals surface area contributed by atoms with Gasteiger partial charge in [0.25, 0.3) is 0 Å². The van der Waals surface area contributed by atoms with Crippen LogP contribution < -0.4 is 5.32 Å². The van der Waals surface area contributed by atoms with E-state index < -0.39 is 0 Å². The number of rotatable bonds is 6. The van der Waals surface area contributed by atoms with Crippen molar-refractivity contribution in [2.45, 2.75) is 18.4 Å². The standard InChI is InChI=1S/C10H17N3OS/c1-8-7-9(13-10(11-2)12-8)15-6-4-5-14-3/h7H,4-6H2,1-3H3,(H,11,12,13). The van der Waals surface area contributed by atoms with Gasteiger partial charge in [0.15, 0.2) is 0 Å². The minimum atomic E-state index is 0.684. The summed E-state index contributed by atoms with van der Waals surface area (Å²) in [6, 6.07) is 2.00. The SMILES string of the molecule is CNc1nc(C)cc(SCCCOC)n1. The van der Waals surface area contributed by atoms with E-state index in [1.165, 1.54) is 0 Å². The van der Waals surface area contributed by atoms with Gasteiger partial charge in [-0.05, 0) is 19.4 Å². The molecule has 0 radical (unpaired) electrons. The number of anilines is 1. The van der Waals surface area contributed by atoms with Crippen molar-refractivity contribution in [1.29, 1.82) is 0 Å². The molecule has 0 fully saturated rings. The summed E-state index contributed by atoms with van der Waals surface area (Å²) in [7, 11) is 3.55. The molecule has 0 spiro atoms. The lowest BCUT2D eigenvalue weighted by Gasteiger charge is -2.04. The van der Waals surface area contributed by atoms with Gasteiger partial charge in [0.05, 0.1) is 0 Å². The van der Waals surface area contributed by atoms with Crippen LogP contribution in [0.25, 0.3) is 0 Å². The van der Waals surface area contributed by atoms with E-state index in [9.17, 15) is 0 Å². The Balaban J connectivity index is 2.49. The van der Waals surface area contributed by atoms with Crippen LogP contribution in [0.2, 0.25) is 0 Å². The normalized spacial score (nSPS) is 10.3. The molecule has 0 aliphatic carbocycles. The second-order valence-corrected chi connectivity index (χ2v) is 4.23. The fourth-order valence-corrected chi connectivity index (χ4v) is 1.98. The highest BCUT2D eigenvalue weighted by atomic mass is 32.2. The molecule has 0 saturated heterocycles. The van der Waals surface area contributed by atoms with Crippen LogP contribution in [0, 0.1) is 6.92 Å². The topological polar surface area (TPSA) is 47.0 Å². The molecule has 1 N–H and O–H groups in total. The van der Waals surface area contributed by atoms with Gasteiger partial charge in [-0.1, -0.05) is 0 Å². The van der Waals surface area contributed by atoms with Gasteiger partial charge in [0.2, 0.25) is 5.95 Å². The number of hydrogen-bond acceptors (Lipinski definition) is 5. The van der Waals surface area contributed by atoms with Gasteiger partial charge in [-0.25, -0.2) is 9.97 Å². The lowest BCUT2D eigenvalue weighted by molar-refractivity contribution is 0.200. The Bertz CT molecular complexity index is 307. The summed E-state index contributed by atoms with van der Waals surface area (Å²) < 4.78 is 4.99. The van der Waals surface area contributed by atoms with Gasteiger partial charge in [0.1, 0.15) is 5.03 Å². The molecule has 1 aromatic heterocycles. The zero-order valence-electron chi connectivity index (χ0n) is 9.41.